The van der Waals surface area contributed by atoms with Crippen molar-refractivity contribution in [2.75, 3.05) is 25.2 Å². The molecule has 304 valence electrons. The van der Waals surface area contributed by atoms with Gasteiger partial charge in [-0.3, -0.25) is 14.5 Å². The van der Waals surface area contributed by atoms with E-state index < -0.39 is 5.97 Å². The summed E-state index contributed by atoms with van der Waals surface area (Å²) in [6.07, 6.45) is 1.16. The molecule has 1 amide bonds. The van der Waals surface area contributed by atoms with Gasteiger partial charge in [0.1, 0.15) is 22.9 Å². The van der Waals surface area contributed by atoms with Gasteiger partial charge in [0.05, 0.1) is 53.4 Å². The Hall–Kier alpha value is -5.78. The fourth-order valence-electron chi connectivity index (χ4n) is 8.86. The van der Waals surface area contributed by atoms with Crippen molar-refractivity contribution < 1.29 is 24.2 Å². The smallest absolute Gasteiger partial charge is 0.352 e. The van der Waals surface area contributed by atoms with E-state index >= 15 is 4.79 Å². The first kappa shape index (κ1) is 40.0. The van der Waals surface area contributed by atoms with Crippen molar-refractivity contribution in [3.63, 3.8) is 0 Å². The number of rotatable bonds is 11. The van der Waals surface area contributed by atoms with E-state index in [-0.39, 0.29) is 24.2 Å². The molecule has 0 aliphatic carbocycles. The van der Waals surface area contributed by atoms with Crippen molar-refractivity contribution in [2.45, 2.75) is 67.0 Å². The molecular formula is C46H46Cl2N6O5. The minimum atomic E-state index is -1.10. The van der Waals surface area contributed by atoms with E-state index in [1.54, 1.807) is 28.7 Å². The molecule has 0 radical (unpaired) electrons. The highest BCUT2D eigenvalue weighted by molar-refractivity contribution is 6.35. The van der Waals surface area contributed by atoms with E-state index in [1.165, 1.54) is 0 Å². The van der Waals surface area contributed by atoms with Crippen LogP contribution in [0.2, 0.25) is 10.0 Å². The van der Waals surface area contributed by atoms with Crippen molar-refractivity contribution in [3.05, 3.63) is 122 Å². The highest BCUT2D eigenvalue weighted by atomic mass is 35.5. The quantitative estimate of drug-likeness (QED) is 0.129. The highest BCUT2D eigenvalue weighted by Crippen LogP contribution is 2.46. The molecule has 1 atom stereocenters. The molecule has 7 aromatic rings. The van der Waals surface area contributed by atoms with Crippen LogP contribution in [0.5, 0.6) is 11.5 Å². The summed E-state index contributed by atoms with van der Waals surface area (Å²) in [6.45, 7) is 12.8. The zero-order valence-electron chi connectivity index (χ0n) is 34.4. The van der Waals surface area contributed by atoms with Crippen LogP contribution in [-0.4, -0.2) is 61.1 Å². The maximum absolute atomic E-state index is 15.5. The summed E-state index contributed by atoms with van der Waals surface area (Å²) in [5, 5.41) is 18.1. The first-order valence-corrected chi connectivity index (χ1v) is 20.4. The van der Waals surface area contributed by atoms with Crippen LogP contribution in [-0.2, 0) is 20.0 Å². The number of anilines is 1. The Balaban J connectivity index is 1.30. The number of ether oxygens (including phenoxy) is 2. The summed E-state index contributed by atoms with van der Waals surface area (Å²) < 4.78 is 17.8. The van der Waals surface area contributed by atoms with Gasteiger partial charge in [0.25, 0.3) is 5.91 Å². The molecule has 0 spiro atoms. The van der Waals surface area contributed by atoms with E-state index in [2.05, 4.69) is 11.5 Å². The number of halogens is 2. The number of benzene rings is 3. The normalized spacial score (nSPS) is 14.1. The molecule has 0 bridgehead atoms. The van der Waals surface area contributed by atoms with Crippen LogP contribution < -0.4 is 14.4 Å². The lowest BCUT2D eigenvalue weighted by atomic mass is 9.98. The number of aromatic nitrogens is 5. The fraction of sp³-hybridized carbons (Fsp3) is 0.304. The summed E-state index contributed by atoms with van der Waals surface area (Å²) in [5.41, 5.74) is 10.5. The first-order chi connectivity index (χ1) is 28.2. The lowest BCUT2D eigenvalue weighted by Crippen LogP contribution is -2.43. The molecular weight excluding hydrogens is 787 g/mol. The molecule has 13 heteroatoms. The molecule has 0 saturated heterocycles. The molecule has 0 saturated carbocycles. The molecule has 4 aromatic heterocycles. The first-order valence-electron chi connectivity index (χ1n) is 19.6. The maximum Gasteiger partial charge on any atom is 0.352 e. The van der Waals surface area contributed by atoms with Gasteiger partial charge in [-0.1, -0.05) is 35.3 Å². The molecule has 11 nitrogen and oxygen atoms in total. The molecule has 3 aromatic carbocycles. The Morgan fingerprint density at radius 3 is 2.36 bits per heavy atom. The summed E-state index contributed by atoms with van der Waals surface area (Å²) >= 11 is 13.6. The van der Waals surface area contributed by atoms with E-state index in [9.17, 15) is 9.90 Å². The minimum Gasteiger partial charge on any atom is -0.496 e. The monoisotopic (exact) mass is 832 g/mol. The molecule has 5 heterocycles. The third-order valence-corrected chi connectivity index (χ3v) is 12.5. The third-order valence-electron chi connectivity index (χ3n) is 11.6. The second kappa shape index (κ2) is 15.4. The number of nitrogens with zero attached hydrogens (tertiary/aromatic N) is 6. The second-order valence-corrected chi connectivity index (χ2v) is 16.3. The van der Waals surface area contributed by atoms with Crippen LogP contribution in [0.15, 0.2) is 60.7 Å². The van der Waals surface area contributed by atoms with Crippen molar-refractivity contribution in [2.24, 2.45) is 7.05 Å². The summed E-state index contributed by atoms with van der Waals surface area (Å²) in [6, 6.07) is 18.5. The van der Waals surface area contributed by atoms with Crippen molar-refractivity contribution in [3.8, 4) is 22.6 Å². The lowest BCUT2D eigenvalue weighted by Gasteiger charge is -2.35. The van der Waals surface area contributed by atoms with Crippen LogP contribution in [0.25, 0.3) is 32.9 Å². The van der Waals surface area contributed by atoms with Crippen LogP contribution in [0.4, 0.5) is 5.69 Å². The standard InChI is InChI=1S/C46H46Cl2N6O5/c1-24-19-31(20-25(2)41(24)48)59-18-10-13-32-33-14-15-35(47)40(39-28(5)50-51(7)29(39)6)43(33)54-27(4)22-53(45(55)44(32)54)36-16-17-38(58-8)34-21-37(46(56)57)52(42(34)36)23-30-12-9-11-26(3)49-30/h9,11-12,14-17,19-21,27H,10,13,18,22-23H2,1-8H3,(H,56,57)/t27-/m1/s1. The Morgan fingerprint density at radius 1 is 0.949 bits per heavy atom. The second-order valence-electron chi connectivity index (χ2n) is 15.5. The number of carbonyl (C=O) groups is 2. The van der Waals surface area contributed by atoms with E-state index in [0.29, 0.717) is 64.7 Å². The average molecular weight is 834 g/mol. The SMILES string of the molecule is COc1ccc(N2C[C@@H](C)n3c(c(CCCOc4cc(C)c(Cl)c(C)c4)c4ccc(Cl)c(-c5c(C)nn(C)c5C)c43)C2=O)c2c1cc(C(=O)O)n2Cc1cccc(C)n1. The maximum atomic E-state index is 15.5. The lowest BCUT2D eigenvalue weighted by molar-refractivity contribution is 0.0686. The van der Waals surface area contributed by atoms with Gasteiger partial charge < -0.3 is 28.6 Å². The van der Waals surface area contributed by atoms with Crippen LogP contribution in [0, 0.1) is 34.6 Å². The molecule has 8 rings (SSSR count). The highest BCUT2D eigenvalue weighted by Gasteiger charge is 2.38. The van der Waals surface area contributed by atoms with Gasteiger partial charge >= 0.3 is 5.97 Å². The predicted molar refractivity (Wildman–Crippen MR) is 233 cm³/mol. The number of carbonyl (C=O) groups excluding carboxylic acids is 1. The van der Waals surface area contributed by atoms with Crippen molar-refractivity contribution in [1.82, 2.24) is 23.9 Å². The Kier molecular flexibility index (Phi) is 10.5. The van der Waals surface area contributed by atoms with Gasteiger partial charge in [0.2, 0.25) is 0 Å². The summed E-state index contributed by atoms with van der Waals surface area (Å²) in [5.74, 6) is -0.0550. The van der Waals surface area contributed by atoms with E-state index in [0.717, 1.165) is 66.6 Å². The number of fused-ring (bicyclic) bond motifs is 4. The fourth-order valence-corrected chi connectivity index (χ4v) is 9.22. The number of amides is 1. The van der Waals surface area contributed by atoms with Crippen LogP contribution in [0.3, 0.4) is 0 Å². The number of carboxylic acids is 1. The molecule has 59 heavy (non-hydrogen) atoms. The van der Waals surface area contributed by atoms with E-state index in [1.807, 2.05) is 94.9 Å². The molecule has 1 aliphatic heterocycles. The molecule has 1 N–H and O–H groups in total. The van der Waals surface area contributed by atoms with Crippen LogP contribution in [0.1, 0.15) is 79.8 Å². The van der Waals surface area contributed by atoms with Gasteiger partial charge in [-0.15, -0.1) is 0 Å². The Morgan fingerprint density at radius 2 is 1.69 bits per heavy atom. The number of hydrogen-bond donors (Lipinski definition) is 1. The van der Waals surface area contributed by atoms with E-state index in [4.69, 9.17) is 42.8 Å². The number of hydrogen-bond acceptors (Lipinski definition) is 6. The molecule has 0 fully saturated rings. The van der Waals surface area contributed by atoms with Crippen molar-refractivity contribution >= 4 is 62.6 Å². The van der Waals surface area contributed by atoms with Gasteiger partial charge in [-0.2, -0.15) is 5.10 Å². The van der Waals surface area contributed by atoms with Crippen LogP contribution >= 0.6 is 23.2 Å². The van der Waals surface area contributed by atoms with Gasteiger partial charge in [0, 0.05) is 57.9 Å². The third kappa shape index (κ3) is 6.79. The minimum absolute atomic E-state index is 0.0638. The number of aromatic carboxylic acids is 1. The number of methoxy groups -OCH3 is 1. The predicted octanol–water partition coefficient (Wildman–Crippen LogP) is 10.2. The summed E-state index contributed by atoms with van der Waals surface area (Å²) in [4.78, 5) is 34.8. The average Bonchev–Trinajstić information content (AvgIpc) is 3.82. The number of aryl methyl sites for hydroxylation is 6. The zero-order valence-corrected chi connectivity index (χ0v) is 35.9. The zero-order chi connectivity index (χ0) is 42.0. The van der Waals surface area contributed by atoms with Crippen molar-refractivity contribution in [1.29, 1.82) is 0 Å². The Labute approximate surface area is 352 Å². The number of pyridine rings is 1. The van der Waals surface area contributed by atoms with Gasteiger partial charge in [-0.25, -0.2) is 4.79 Å². The summed E-state index contributed by atoms with van der Waals surface area (Å²) in [7, 11) is 3.48. The molecule has 1 aliphatic rings. The van der Waals surface area contributed by atoms with Gasteiger partial charge in [-0.05, 0) is 120 Å². The topological polar surface area (TPSA) is 117 Å². The Bertz CT molecular complexity index is 2830. The van der Waals surface area contributed by atoms with Gasteiger partial charge in [0.15, 0.2) is 0 Å². The largest absolute Gasteiger partial charge is 0.496 e. The number of carboxylic acid groups (broad SMARTS) is 1. The molecule has 0 unspecified atom stereocenters.